The van der Waals surface area contributed by atoms with Gasteiger partial charge in [0.05, 0.1) is 17.9 Å². The summed E-state index contributed by atoms with van der Waals surface area (Å²) < 4.78 is 47.5. The number of nitrogens with zero attached hydrogens (tertiary/aromatic N) is 1. The topological polar surface area (TPSA) is 48.4 Å². The van der Waals surface area contributed by atoms with Crippen molar-refractivity contribution in [2.45, 2.75) is 135 Å². The number of hydrogen-bond donors (Lipinski definition) is 0. The van der Waals surface area contributed by atoms with Gasteiger partial charge in [-0.1, -0.05) is 133 Å². The van der Waals surface area contributed by atoms with Gasteiger partial charge in [0.2, 0.25) is 0 Å². The minimum Gasteiger partial charge on any atom is -0.462 e. The Morgan fingerprint density at radius 2 is 1.17 bits per heavy atom. The van der Waals surface area contributed by atoms with Crippen molar-refractivity contribution in [3.63, 3.8) is 0 Å². The molecule has 0 radical (unpaired) electrons. The largest absolute Gasteiger partial charge is 0.462 e. The van der Waals surface area contributed by atoms with Gasteiger partial charge >= 0.3 is 12.1 Å². The molecule has 0 fully saturated rings. The molecular weight excluding hydrogens is 611 g/mol. The number of alkyl halides is 3. The van der Waals surface area contributed by atoms with Crippen molar-refractivity contribution < 1.29 is 27.4 Å². The number of benzene rings is 2. The number of halogens is 3. The lowest BCUT2D eigenvalue weighted by molar-refractivity contribution is -0.214. The molecule has 0 saturated heterocycles. The molecule has 0 saturated carbocycles. The van der Waals surface area contributed by atoms with Crippen LogP contribution in [0.25, 0.3) is 22.4 Å². The lowest BCUT2D eigenvalue weighted by Crippen LogP contribution is -2.28. The van der Waals surface area contributed by atoms with Crippen LogP contribution in [0.5, 0.6) is 0 Å². The molecule has 4 nitrogen and oxygen atoms in total. The average molecular weight is 668 g/mol. The third-order valence-electron chi connectivity index (χ3n) is 8.89. The molecule has 7 heteroatoms. The van der Waals surface area contributed by atoms with Crippen molar-refractivity contribution in [1.29, 1.82) is 0 Å². The molecule has 1 atom stereocenters. The van der Waals surface area contributed by atoms with E-state index in [0.29, 0.717) is 25.0 Å². The maximum Gasteiger partial charge on any atom is 0.414 e. The number of carbonyl (C=O) groups excluding carboxylic acids is 1. The Morgan fingerprint density at radius 1 is 0.646 bits per heavy atom. The van der Waals surface area contributed by atoms with E-state index in [9.17, 15) is 18.0 Å². The summed E-state index contributed by atoms with van der Waals surface area (Å²) in [5.74, 6) is -0.364. The minimum absolute atomic E-state index is 0.0964. The van der Waals surface area contributed by atoms with Gasteiger partial charge in [-0.15, -0.1) is 0 Å². The van der Waals surface area contributed by atoms with E-state index in [4.69, 9.17) is 14.5 Å². The zero-order chi connectivity index (χ0) is 34.5. The summed E-state index contributed by atoms with van der Waals surface area (Å²) in [6, 6.07) is 20.2. The van der Waals surface area contributed by atoms with E-state index in [2.05, 4.69) is 37.3 Å². The molecule has 3 aromatic rings. The highest BCUT2D eigenvalue weighted by molar-refractivity contribution is 5.90. The number of carbonyl (C=O) groups is 1. The fraction of sp³-hybridized carbons (Fsp3) is 0.561. The third-order valence-corrected chi connectivity index (χ3v) is 8.89. The maximum atomic E-state index is 12.5. The molecule has 2 aromatic carbocycles. The van der Waals surface area contributed by atoms with Gasteiger partial charge in [-0.2, -0.15) is 13.2 Å². The van der Waals surface area contributed by atoms with E-state index in [1.807, 2.05) is 24.4 Å². The Morgan fingerprint density at radius 3 is 1.73 bits per heavy atom. The van der Waals surface area contributed by atoms with Crippen LogP contribution in [-0.4, -0.2) is 36.4 Å². The van der Waals surface area contributed by atoms with E-state index < -0.39 is 12.3 Å². The molecule has 1 aromatic heterocycles. The van der Waals surface area contributed by atoms with Gasteiger partial charge in [-0.05, 0) is 61.9 Å². The Labute approximate surface area is 286 Å². The fourth-order valence-corrected chi connectivity index (χ4v) is 5.71. The van der Waals surface area contributed by atoms with E-state index >= 15 is 0 Å². The van der Waals surface area contributed by atoms with Gasteiger partial charge in [-0.25, -0.2) is 4.79 Å². The van der Waals surface area contributed by atoms with Crippen LogP contribution in [0.3, 0.4) is 0 Å². The smallest absolute Gasteiger partial charge is 0.414 e. The van der Waals surface area contributed by atoms with Crippen LogP contribution in [0, 0.1) is 0 Å². The maximum absolute atomic E-state index is 12.5. The normalized spacial score (nSPS) is 12.3. The first-order valence-electron chi connectivity index (χ1n) is 18.3. The molecule has 264 valence electrons. The molecular formula is C41H56F3NO3. The Kier molecular flexibility index (Phi) is 18.4. The number of unbranched alkanes of at least 4 members (excludes halogenated alkanes) is 14. The van der Waals surface area contributed by atoms with Crippen molar-refractivity contribution >= 4 is 5.97 Å². The average Bonchev–Trinajstić information content (AvgIpc) is 3.09. The molecule has 0 bridgehead atoms. The summed E-state index contributed by atoms with van der Waals surface area (Å²) in [5.41, 5.74) is 5.86. The predicted octanol–water partition coefficient (Wildman–Crippen LogP) is 12.3. The van der Waals surface area contributed by atoms with Crippen LogP contribution < -0.4 is 0 Å². The standard InChI is InChI=1S/C41H56F3NO3/c1-3-4-5-6-7-8-9-10-11-13-16-19-34-20-22-36(23-21-34)39-29-28-38(32-45-39)35-24-26-37(27-25-35)40(46)48-31-18-15-12-14-17-30-47-33(2)41(42,43)44/h20-29,32-33H,3-19,30-31H2,1-2H3. The van der Waals surface area contributed by atoms with Gasteiger partial charge in [0, 0.05) is 23.9 Å². The van der Waals surface area contributed by atoms with Gasteiger partial charge in [0.1, 0.15) is 0 Å². The van der Waals surface area contributed by atoms with Crippen molar-refractivity contribution in [2.24, 2.45) is 0 Å². The van der Waals surface area contributed by atoms with E-state index in [1.165, 1.54) is 76.2 Å². The number of esters is 1. The molecule has 0 amide bonds. The number of pyridine rings is 1. The van der Waals surface area contributed by atoms with Crippen LogP contribution in [0.15, 0.2) is 66.9 Å². The molecule has 48 heavy (non-hydrogen) atoms. The molecule has 1 unspecified atom stereocenters. The molecule has 0 aliphatic heterocycles. The molecule has 0 N–H and O–H groups in total. The van der Waals surface area contributed by atoms with Gasteiger partial charge in [0.25, 0.3) is 0 Å². The summed E-state index contributed by atoms with van der Waals surface area (Å²) in [5, 5.41) is 0. The van der Waals surface area contributed by atoms with E-state index in [-0.39, 0.29) is 12.6 Å². The number of aromatic nitrogens is 1. The second-order valence-electron chi connectivity index (χ2n) is 13.0. The molecule has 1 heterocycles. The third kappa shape index (κ3) is 15.4. The molecule has 0 spiro atoms. The van der Waals surface area contributed by atoms with E-state index in [0.717, 1.165) is 55.0 Å². The Bertz CT molecular complexity index is 1270. The zero-order valence-corrected chi connectivity index (χ0v) is 29.2. The van der Waals surface area contributed by atoms with Crippen LogP contribution in [0.2, 0.25) is 0 Å². The highest BCUT2D eigenvalue weighted by Crippen LogP contribution is 2.25. The van der Waals surface area contributed by atoms with Gasteiger partial charge in [-0.3, -0.25) is 4.98 Å². The molecule has 3 rings (SSSR count). The van der Waals surface area contributed by atoms with Gasteiger partial charge in [0.15, 0.2) is 6.10 Å². The number of aryl methyl sites for hydroxylation is 1. The second kappa shape index (κ2) is 22.4. The summed E-state index contributed by atoms with van der Waals surface area (Å²) in [6.07, 6.45) is 15.7. The lowest BCUT2D eigenvalue weighted by Gasteiger charge is -2.16. The van der Waals surface area contributed by atoms with Crippen LogP contribution >= 0.6 is 0 Å². The molecule has 0 aliphatic carbocycles. The highest BCUT2D eigenvalue weighted by Gasteiger charge is 2.36. The summed E-state index contributed by atoms with van der Waals surface area (Å²) in [7, 11) is 0. The van der Waals surface area contributed by atoms with Gasteiger partial charge < -0.3 is 9.47 Å². The van der Waals surface area contributed by atoms with Crippen LogP contribution in [0.4, 0.5) is 13.2 Å². The summed E-state index contributed by atoms with van der Waals surface area (Å²) in [6.45, 7) is 3.70. The lowest BCUT2D eigenvalue weighted by atomic mass is 10.0. The second-order valence-corrected chi connectivity index (χ2v) is 13.0. The Balaban J connectivity index is 1.29. The summed E-state index contributed by atoms with van der Waals surface area (Å²) >= 11 is 0. The summed E-state index contributed by atoms with van der Waals surface area (Å²) in [4.78, 5) is 17.1. The zero-order valence-electron chi connectivity index (χ0n) is 29.2. The van der Waals surface area contributed by atoms with Crippen LogP contribution in [-0.2, 0) is 15.9 Å². The van der Waals surface area contributed by atoms with Crippen LogP contribution in [0.1, 0.15) is 133 Å². The predicted molar refractivity (Wildman–Crippen MR) is 190 cm³/mol. The van der Waals surface area contributed by atoms with Crippen molar-refractivity contribution in [2.75, 3.05) is 13.2 Å². The van der Waals surface area contributed by atoms with Crippen molar-refractivity contribution in [1.82, 2.24) is 4.98 Å². The highest BCUT2D eigenvalue weighted by atomic mass is 19.4. The first-order valence-corrected chi connectivity index (χ1v) is 18.3. The quantitative estimate of drug-likeness (QED) is 0.0705. The monoisotopic (exact) mass is 667 g/mol. The number of hydrogen-bond acceptors (Lipinski definition) is 4. The van der Waals surface area contributed by atoms with Crippen molar-refractivity contribution in [3.8, 4) is 22.4 Å². The van der Waals surface area contributed by atoms with E-state index in [1.54, 1.807) is 12.1 Å². The number of ether oxygens (including phenoxy) is 2. The Hall–Kier alpha value is -3.19. The first-order chi connectivity index (χ1) is 23.3. The van der Waals surface area contributed by atoms with Crippen molar-refractivity contribution in [3.05, 3.63) is 78.0 Å². The number of rotatable bonds is 24. The molecule has 0 aliphatic rings. The first kappa shape index (κ1) is 39.3. The fourth-order valence-electron chi connectivity index (χ4n) is 5.71. The SMILES string of the molecule is CCCCCCCCCCCCCc1ccc(-c2ccc(-c3ccc(C(=O)OCCCCCCCOC(C)C(F)(F)F)cc3)cn2)cc1. The minimum atomic E-state index is -4.31.